The van der Waals surface area contributed by atoms with Gasteiger partial charge in [0.2, 0.25) is 0 Å². The smallest absolute Gasteiger partial charge is 0.348 e. The number of ether oxygens (including phenoxy) is 1. The molecule has 0 N–H and O–H groups in total. The Hall–Kier alpha value is 0.510. The third kappa shape index (κ3) is 3.94. The van der Waals surface area contributed by atoms with Gasteiger partial charge in [0, 0.05) is 11.0 Å². The van der Waals surface area contributed by atoms with Gasteiger partial charge in [-0.1, -0.05) is 24.4 Å². The topological polar surface area (TPSA) is 26.3 Å². The van der Waals surface area contributed by atoms with Crippen LogP contribution in [-0.2, 0) is 10.9 Å². The lowest BCUT2D eigenvalue weighted by atomic mass is 10.4. The highest BCUT2D eigenvalue weighted by Crippen LogP contribution is 2.55. The van der Waals surface area contributed by atoms with Gasteiger partial charge in [-0.05, 0) is 25.4 Å². The second kappa shape index (κ2) is 6.17. The lowest BCUT2D eigenvalue weighted by molar-refractivity contribution is 0.0532. The predicted molar refractivity (Wildman–Crippen MR) is 69.5 cm³/mol. The Kier molecular flexibility index (Phi) is 5.54. The molecule has 0 spiro atoms. The van der Waals surface area contributed by atoms with Crippen LogP contribution in [0.3, 0.4) is 0 Å². The van der Waals surface area contributed by atoms with E-state index in [1.165, 1.54) is 16.2 Å². The molecule has 0 aliphatic carbocycles. The first-order valence-corrected chi connectivity index (χ1v) is 10.1. The van der Waals surface area contributed by atoms with E-state index in [4.69, 9.17) is 4.74 Å². The molecule has 0 saturated carbocycles. The summed E-state index contributed by atoms with van der Waals surface area (Å²) >= 11 is 5.01. The first-order chi connectivity index (χ1) is 6.63. The highest BCUT2D eigenvalue weighted by molar-refractivity contribution is 9.44. The van der Waals surface area contributed by atoms with Gasteiger partial charge in [0.25, 0.3) is 0 Å². The van der Waals surface area contributed by atoms with Crippen LogP contribution in [0.15, 0.2) is 12.1 Å². The van der Waals surface area contributed by atoms with Crippen LogP contribution in [0.4, 0.5) is 0 Å². The molecule has 0 aromatic carbocycles. The molecule has 14 heavy (non-hydrogen) atoms. The van der Waals surface area contributed by atoms with E-state index in [1.54, 1.807) is 0 Å². The zero-order valence-electron chi connectivity index (χ0n) is 7.70. The number of thiophene rings is 1. The normalized spacial score (nSPS) is 12.5. The summed E-state index contributed by atoms with van der Waals surface area (Å²) in [6.45, 7) is 2.24. The molecule has 1 aromatic heterocycles. The lowest BCUT2D eigenvalue weighted by Gasteiger charge is -1.99. The Labute approximate surface area is 99.0 Å². The molecule has 6 heteroatoms. The highest BCUT2D eigenvalue weighted by Gasteiger charge is 2.10. The maximum atomic E-state index is 11.3. The van der Waals surface area contributed by atoms with Crippen molar-refractivity contribution in [2.75, 3.05) is 6.61 Å². The third-order valence-corrected chi connectivity index (χ3v) is 4.67. The average Bonchev–Trinajstić information content (AvgIpc) is 2.52. The minimum absolute atomic E-state index is 0.203. The van der Waals surface area contributed by atoms with Gasteiger partial charge in [-0.25, -0.2) is 4.79 Å². The molecule has 2 atom stereocenters. The van der Waals surface area contributed by atoms with E-state index < -0.39 is 0 Å². The number of halogens is 1. The SMILES string of the molecule is CCOC(=O)c1ccc(CP(P)Br)s1. The number of esters is 1. The largest absolute Gasteiger partial charge is 0.462 e. The first kappa shape index (κ1) is 12.6. The molecule has 78 valence electrons. The van der Waals surface area contributed by atoms with Crippen molar-refractivity contribution in [2.45, 2.75) is 13.1 Å². The summed E-state index contributed by atoms with van der Waals surface area (Å²) in [6.07, 6.45) is 0.773. The molecule has 0 radical (unpaired) electrons. The highest BCUT2D eigenvalue weighted by atomic mass is 79.9. The minimum atomic E-state index is -0.216. The zero-order valence-corrected chi connectivity index (χ0v) is 12.1. The van der Waals surface area contributed by atoms with Crippen molar-refractivity contribution in [1.82, 2.24) is 0 Å². The summed E-state index contributed by atoms with van der Waals surface area (Å²) in [6, 6.07) is 3.81. The van der Waals surface area contributed by atoms with Crippen LogP contribution in [0, 0.1) is 0 Å². The van der Waals surface area contributed by atoms with Crippen LogP contribution in [0.5, 0.6) is 0 Å². The Morgan fingerprint density at radius 3 is 3.00 bits per heavy atom. The molecule has 0 amide bonds. The van der Waals surface area contributed by atoms with Gasteiger partial charge in [0.05, 0.1) is 6.61 Å². The van der Waals surface area contributed by atoms with Crippen LogP contribution in [-0.4, -0.2) is 12.6 Å². The van der Waals surface area contributed by atoms with Crippen molar-refractivity contribution in [3.8, 4) is 0 Å². The maximum Gasteiger partial charge on any atom is 0.348 e. The number of carbonyl (C=O) groups is 1. The zero-order chi connectivity index (χ0) is 10.6. The molecule has 0 saturated heterocycles. The predicted octanol–water partition coefficient (Wildman–Crippen LogP) is 4.01. The van der Waals surface area contributed by atoms with Crippen molar-refractivity contribution in [3.05, 3.63) is 21.9 Å². The summed E-state index contributed by atoms with van der Waals surface area (Å²) in [5, 5.41) is 0. The first-order valence-electron chi connectivity index (χ1n) is 4.07. The molecule has 0 aliphatic rings. The molecule has 0 bridgehead atoms. The summed E-state index contributed by atoms with van der Waals surface area (Å²) in [7, 11) is 2.73. The third-order valence-electron chi connectivity index (χ3n) is 1.45. The van der Waals surface area contributed by atoms with Crippen LogP contribution in [0.2, 0.25) is 0 Å². The van der Waals surface area contributed by atoms with Gasteiger partial charge in [-0.3, -0.25) is 0 Å². The molecular formula is C8H11BrO2P2S. The Balaban J connectivity index is 2.63. The van der Waals surface area contributed by atoms with Crippen LogP contribution < -0.4 is 0 Å². The Bertz CT molecular complexity index is 314. The van der Waals surface area contributed by atoms with Gasteiger partial charge in [0.1, 0.15) is 4.88 Å². The van der Waals surface area contributed by atoms with Crippen molar-refractivity contribution < 1.29 is 9.53 Å². The molecule has 0 fully saturated rings. The van der Waals surface area contributed by atoms with Crippen LogP contribution in [0.25, 0.3) is 0 Å². The molecule has 2 unspecified atom stereocenters. The van der Waals surface area contributed by atoms with Gasteiger partial charge in [-0.2, -0.15) is 0 Å². The number of rotatable bonds is 4. The fraction of sp³-hybridized carbons (Fsp3) is 0.375. The quantitative estimate of drug-likeness (QED) is 0.620. The second-order valence-corrected chi connectivity index (χ2v) is 11.7. The summed E-state index contributed by atoms with van der Waals surface area (Å²) in [5.74, 6) is -0.216. The lowest BCUT2D eigenvalue weighted by Crippen LogP contribution is -2.01. The van der Waals surface area contributed by atoms with E-state index in [-0.39, 0.29) is 12.3 Å². The van der Waals surface area contributed by atoms with E-state index in [0.717, 1.165) is 6.16 Å². The van der Waals surface area contributed by atoms with Gasteiger partial charge in [0.15, 0.2) is 0 Å². The molecule has 0 aliphatic heterocycles. The summed E-state index contributed by atoms with van der Waals surface area (Å²) in [4.78, 5) is 13.2. The van der Waals surface area contributed by atoms with Crippen molar-refractivity contribution in [3.63, 3.8) is 0 Å². The number of hydrogen-bond acceptors (Lipinski definition) is 3. The molecule has 1 rings (SSSR count). The Morgan fingerprint density at radius 1 is 1.71 bits per heavy atom. The van der Waals surface area contributed by atoms with Crippen molar-refractivity contribution in [2.24, 2.45) is 0 Å². The molecular weight excluding hydrogens is 302 g/mol. The maximum absolute atomic E-state index is 11.3. The van der Waals surface area contributed by atoms with Crippen molar-refractivity contribution in [1.29, 1.82) is 0 Å². The fourth-order valence-corrected chi connectivity index (χ4v) is 4.99. The standard InChI is InChI=1S/C8H11BrO2P2S/c1-2-11-8(10)7-4-3-6(14-7)5-13(9)12/h3-4H,2,5,12H2,1H3. The molecule has 1 heterocycles. The van der Waals surface area contributed by atoms with Crippen molar-refractivity contribution >= 4 is 48.0 Å². The van der Waals surface area contributed by atoms with Gasteiger partial charge < -0.3 is 4.74 Å². The van der Waals surface area contributed by atoms with Gasteiger partial charge in [-0.15, -0.1) is 11.3 Å². The summed E-state index contributed by atoms with van der Waals surface area (Å²) in [5.41, 5.74) is 0. The fourth-order valence-electron chi connectivity index (χ4n) is 0.924. The van der Waals surface area contributed by atoms with E-state index in [9.17, 15) is 4.79 Å². The number of carbonyl (C=O) groups excluding carboxylic acids is 1. The van der Waals surface area contributed by atoms with E-state index in [0.29, 0.717) is 11.5 Å². The minimum Gasteiger partial charge on any atom is -0.462 e. The van der Waals surface area contributed by atoms with Gasteiger partial charge >= 0.3 is 5.97 Å². The van der Waals surface area contributed by atoms with Crippen LogP contribution in [0.1, 0.15) is 21.5 Å². The van der Waals surface area contributed by atoms with E-state index >= 15 is 0 Å². The average molecular weight is 313 g/mol. The molecule has 1 aromatic rings. The van der Waals surface area contributed by atoms with E-state index in [1.807, 2.05) is 19.1 Å². The summed E-state index contributed by atoms with van der Waals surface area (Å²) < 4.78 is 4.91. The molecule has 2 nitrogen and oxygen atoms in total. The number of hydrogen-bond donors (Lipinski definition) is 0. The second-order valence-electron chi connectivity index (χ2n) is 2.54. The van der Waals surface area contributed by atoms with E-state index in [2.05, 4.69) is 24.4 Å². The Morgan fingerprint density at radius 2 is 2.43 bits per heavy atom. The van der Waals surface area contributed by atoms with Crippen LogP contribution >= 0.6 is 42.1 Å². The monoisotopic (exact) mass is 312 g/mol.